The summed E-state index contributed by atoms with van der Waals surface area (Å²) in [6.07, 6.45) is 1.75. The lowest BCUT2D eigenvalue weighted by molar-refractivity contribution is -0.119. The van der Waals surface area contributed by atoms with Gasteiger partial charge in [0, 0.05) is 12.0 Å². The fourth-order valence-corrected chi connectivity index (χ4v) is 2.26. The summed E-state index contributed by atoms with van der Waals surface area (Å²) in [4.78, 5) is 11.8. The van der Waals surface area contributed by atoms with E-state index in [4.69, 9.17) is 0 Å². The average Bonchev–Trinajstić information content (AvgIpc) is 2.22. The van der Waals surface area contributed by atoms with Crippen molar-refractivity contribution in [3.05, 3.63) is 35.4 Å². The number of carbonyl (C=O) groups is 1. The van der Waals surface area contributed by atoms with Crippen molar-refractivity contribution in [3.63, 3.8) is 0 Å². The molecule has 1 aromatic carbocycles. The number of ketones is 1. The Bertz CT molecular complexity index is 417. The molecule has 0 amide bonds. The molecule has 0 aromatic heterocycles. The molecular formula is C15H21NO. The molecule has 2 rings (SSSR count). The van der Waals surface area contributed by atoms with Crippen LogP contribution in [0.4, 0.5) is 0 Å². The Hall–Kier alpha value is -1.15. The molecule has 0 spiro atoms. The lowest BCUT2D eigenvalue weighted by Gasteiger charge is -2.30. The normalized spacial score (nSPS) is 18.4. The number of nitrogens with one attached hydrogen (secondary N) is 1. The Balaban J connectivity index is 1.82. The maximum Gasteiger partial charge on any atom is 0.147 e. The third-order valence-electron chi connectivity index (χ3n) is 3.25. The molecular weight excluding hydrogens is 210 g/mol. The van der Waals surface area contributed by atoms with E-state index in [-0.39, 0.29) is 5.54 Å². The number of benzene rings is 1. The molecule has 1 aromatic rings. The fraction of sp³-hybridized carbons (Fsp3) is 0.533. The van der Waals surface area contributed by atoms with E-state index < -0.39 is 0 Å². The number of rotatable bonds is 4. The molecule has 0 heterocycles. The Kier molecular flexibility index (Phi) is 3.34. The third kappa shape index (κ3) is 3.16. The number of hydrogen-bond donors (Lipinski definition) is 1. The first kappa shape index (κ1) is 12.3. The van der Waals surface area contributed by atoms with Gasteiger partial charge in [-0.3, -0.25) is 4.79 Å². The molecule has 0 aliphatic heterocycles. The van der Waals surface area contributed by atoms with Crippen molar-refractivity contribution in [1.29, 1.82) is 0 Å². The minimum absolute atomic E-state index is 0.0210. The first-order valence-corrected chi connectivity index (χ1v) is 6.30. The molecule has 1 aliphatic carbocycles. The second kappa shape index (κ2) is 4.61. The molecule has 2 heteroatoms. The Morgan fingerprint density at radius 1 is 1.35 bits per heavy atom. The second-order valence-corrected chi connectivity index (χ2v) is 5.95. The third-order valence-corrected chi connectivity index (χ3v) is 3.25. The molecule has 1 unspecified atom stereocenters. The Labute approximate surface area is 103 Å². The molecule has 0 radical (unpaired) electrons. The van der Waals surface area contributed by atoms with E-state index in [9.17, 15) is 4.79 Å². The molecule has 0 bridgehead atoms. The van der Waals surface area contributed by atoms with Crippen LogP contribution in [0.3, 0.4) is 0 Å². The number of Topliss-reactive ketones (excluding diaryl/α,β-unsaturated/α-hetero) is 1. The van der Waals surface area contributed by atoms with E-state index in [1.165, 1.54) is 11.1 Å². The summed E-state index contributed by atoms with van der Waals surface area (Å²) in [6, 6.07) is 8.43. The van der Waals surface area contributed by atoms with Gasteiger partial charge in [-0.1, -0.05) is 24.3 Å². The first-order chi connectivity index (χ1) is 7.96. The van der Waals surface area contributed by atoms with Crippen LogP contribution >= 0.6 is 0 Å². The zero-order valence-corrected chi connectivity index (χ0v) is 10.9. The Morgan fingerprint density at radius 2 is 2.06 bits per heavy atom. The van der Waals surface area contributed by atoms with E-state index in [1.807, 2.05) is 0 Å². The van der Waals surface area contributed by atoms with Gasteiger partial charge in [-0.05, 0) is 44.2 Å². The molecule has 92 valence electrons. The summed E-state index contributed by atoms with van der Waals surface area (Å²) in [5, 5.41) is 3.25. The van der Waals surface area contributed by atoms with E-state index >= 15 is 0 Å². The summed E-state index contributed by atoms with van der Waals surface area (Å²) in [5.41, 5.74) is 2.80. The summed E-state index contributed by atoms with van der Waals surface area (Å²) < 4.78 is 0. The van der Waals surface area contributed by atoms with Gasteiger partial charge in [0.05, 0.1) is 6.54 Å². The van der Waals surface area contributed by atoms with Gasteiger partial charge < -0.3 is 5.32 Å². The fourth-order valence-electron chi connectivity index (χ4n) is 2.26. The number of hydrogen-bond acceptors (Lipinski definition) is 2. The Morgan fingerprint density at radius 3 is 2.71 bits per heavy atom. The predicted molar refractivity (Wildman–Crippen MR) is 70.3 cm³/mol. The van der Waals surface area contributed by atoms with E-state index in [0.717, 1.165) is 6.42 Å². The maximum atomic E-state index is 11.8. The number of fused-ring (bicyclic) bond motifs is 1. The van der Waals surface area contributed by atoms with Crippen molar-refractivity contribution in [2.45, 2.75) is 45.1 Å². The highest BCUT2D eigenvalue weighted by molar-refractivity contribution is 5.81. The summed E-state index contributed by atoms with van der Waals surface area (Å²) in [6.45, 7) is 6.74. The molecule has 2 nitrogen and oxygen atoms in total. The van der Waals surface area contributed by atoms with Crippen LogP contribution in [-0.4, -0.2) is 17.9 Å². The zero-order chi connectivity index (χ0) is 12.5. The van der Waals surface area contributed by atoms with E-state index in [0.29, 0.717) is 24.7 Å². The smallest absolute Gasteiger partial charge is 0.147 e. The van der Waals surface area contributed by atoms with Gasteiger partial charge in [-0.15, -0.1) is 0 Å². The van der Waals surface area contributed by atoms with Crippen LogP contribution in [0.2, 0.25) is 0 Å². The zero-order valence-electron chi connectivity index (χ0n) is 10.9. The standard InChI is InChI=1S/C15H21NO/c1-15(2,3)16-10-13(17)9-12-8-11-6-4-5-7-14(11)12/h4-7,12,16H,8-10H2,1-3H3. The molecule has 1 N–H and O–H groups in total. The van der Waals surface area contributed by atoms with Crippen LogP contribution in [0.15, 0.2) is 24.3 Å². The van der Waals surface area contributed by atoms with Crippen LogP contribution in [0, 0.1) is 0 Å². The quantitative estimate of drug-likeness (QED) is 0.863. The maximum absolute atomic E-state index is 11.8. The summed E-state index contributed by atoms with van der Waals surface area (Å²) in [5.74, 6) is 0.778. The molecule has 1 atom stereocenters. The van der Waals surface area contributed by atoms with Crippen LogP contribution < -0.4 is 5.32 Å². The molecule has 1 aliphatic rings. The minimum Gasteiger partial charge on any atom is -0.305 e. The summed E-state index contributed by atoms with van der Waals surface area (Å²) in [7, 11) is 0. The van der Waals surface area contributed by atoms with Gasteiger partial charge in [0.2, 0.25) is 0 Å². The van der Waals surface area contributed by atoms with Crippen molar-refractivity contribution in [1.82, 2.24) is 5.32 Å². The van der Waals surface area contributed by atoms with Crippen LogP contribution in [0.1, 0.15) is 44.2 Å². The largest absolute Gasteiger partial charge is 0.305 e. The van der Waals surface area contributed by atoms with Crippen molar-refractivity contribution in [2.75, 3.05) is 6.54 Å². The minimum atomic E-state index is 0.0210. The van der Waals surface area contributed by atoms with Gasteiger partial charge >= 0.3 is 0 Å². The molecule has 0 fully saturated rings. The summed E-state index contributed by atoms with van der Waals surface area (Å²) >= 11 is 0. The van der Waals surface area contributed by atoms with Gasteiger partial charge in [-0.2, -0.15) is 0 Å². The highest BCUT2D eigenvalue weighted by Crippen LogP contribution is 2.37. The van der Waals surface area contributed by atoms with E-state index in [1.54, 1.807) is 0 Å². The SMILES string of the molecule is CC(C)(C)NCC(=O)CC1Cc2ccccc21. The molecule has 0 saturated carbocycles. The van der Waals surface area contributed by atoms with Gasteiger partial charge in [-0.25, -0.2) is 0 Å². The van der Waals surface area contributed by atoms with Gasteiger partial charge in [0.15, 0.2) is 0 Å². The van der Waals surface area contributed by atoms with Gasteiger partial charge in [0.1, 0.15) is 5.78 Å². The van der Waals surface area contributed by atoms with Crippen molar-refractivity contribution in [3.8, 4) is 0 Å². The molecule has 17 heavy (non-hydrogen) atoms. The lowest BCUT2D eigenvalue weighted by Crippen LogP contribution is -2.40. The van der Waals surface area contributed by atoms with Crippen LogP contribution in [0.25, 0.3) is 0 Å². The van der Waals surface area contributed by atoms with E-state index in [2.05, 4.69) is 50.4 Å². The molecule has 0 saturated heterocycles. The van der Waals surface area contributed by atoms with Gasteiger partial charge in [0.25, 0.3) is 0 Å². The first-order valence-electron chi connectivity index (χ1n) is 6.30. The lowest BCUT2D eigenvalue weighted by atomic mass is 9.75. The monoisotopic (exact) mass is 231 g/mol. The van der Waals surface area contributed by atoms with Crippen LogP contribution in [-0.2, 0) is 11.2 Å². The topological polar surface area (TPSA) is 29.1 Å². The van der Waals surface area contributed by atoms with Crippen molar-refractivity contribution >= 4 is 5.78 Å². The number of carbonyl (C=O) groups excluding carboxylic acids is 1. The predicted octanol–water partition coefficient (Wildman–Crippen LogP) is 2.67. The second-order valence-electron chi connectivity index (χ2n) is 5.95. The van der Waals surface area contributed by atoms with Crippen molar-refractivity contribution < 1.29 is 4.79 Å². The average molecular weight is 231 g/mol. The highest BCUT2D eigenvalue weighted by atomic mass is 16.1. The van der Waals surface area contributed by atoms with Crippen molar-refractivity contribution in [2.24, 2.45) is 0 Å². The van der Waals surface area contributed by atoms with Crippen LogP contribution in [0.5, 0.6) is 0 Å². The highest BCUT2D eigenvalue weighted by Gasteiger charge is 2.27.